The molecule has 3 nitrogen and oxygen atoms in total. The average molecular weight is 341 g/mol. The molecule has 1 heterocycles. The Morgan fingerprint density at radius 3 is 2.70 bits per heavy atom. The van der Waals surface area contributed by atoms with Gasteiger partial charge < -0.3 is 10.2 Å². The van der Waals surface area contributed by atoms with Gasteiger partial charge in [0.2, 0.25) is 5.91 Å². The van der Waals surface area contributed by atoms with E-state index in [1.165, 1.54) is 6.07 Å². The molecule has 128 valence electrons. The standard InChI is InChI=1S/C18H25FN2O.ClH/c1-20-16-8-5-11-21(13-16)17(22)18(9-2-3-10-18)14-6-4-7-15(19)12-14;/h4,6-7,12,16,20H,2-3,5,8-11,13H2,1H3;1H. The van der Waals surface area contributed by atoms with Gasteiger partial charge in [-0.15, -0.1) is 12.4 Å². The van der Waals surface area contributed by atoms with E-state index in [0.29, 0.717) is 6.04 Å². The summed E-state index contributed by atoms with van der Waals surface area (Å²) in [5.41, 5.74) is 0.360. The van der Waals surface area contributed by atoms with Crippen molar-refractivity contribution in [3.05, 3.63) is 35.6 Å². The van der Waals surface area contributed by atoms with Crippen molar-refractivity contribution < 1.29 is 9.18 Å². The molecule has 1 aliphatic heterocycles. The Kier molecular flexibility index (Phi) is 6.04. The van der Waals surface area contributed by atoms with Gasteiger partial charge in [-0.2, -0.15) is 0 Å². The molecule has 2 aliphatic rings. The van der Waals surface area contributed by atoms with Crippen LogP contribution in [-0.4, -0.2) is 37.0 Å². The van der Waals surface area contributed by atoms with Gasteiger partial charge in [0.15, 0.2) is 0 Å². The predicted molar refractivity (Wildman–Crippen MR) is 92.5 cm³/mol. The minimum atomic E-state index is -0.502. The van der Waals surface area contributed by atoms with E-state index in [9.17, 15) is 9.18 Å². The van der Waals surface area contributed by atoms with Crippen LogP contribution >= 0.6 is 12.4 Å². The van der Waals surface area contributed by atoms with Crippen LogP contribution in [0.4, 0.5) is 4.39 Å². The highest BCUT2D eigenvalue weighted by Gasteiger charge is 2.45. The van der Waals surface area contributed by atoms with Gasteiger partial charge in [-0.1, -0.05) is 25.0 Å². The predicted octanol–water partition coefficient (Wildman–Crippen LogP) is 3.27. The average Bonchev–Trinajstić information content (AvgIpc) is 3.05. The number of nitrogens with zero attached hydrogens (tertiary/aromatic N) is 1. The van der Waals surface area contributed by atoms with Crippen LogP contribution in [0.15, 0.2) is 24.3 Å². The van der Waals surface area contributed by atoms with Crippen LogP contribution in [0.25, 0.3) is 0 Å². The summed E-state index contributed by atoms with van der Waals surface area (Å²) in [6, 6.07) is 7.04. The van der Waals surface area contributed by atoms with Crippen LogP contribution in [0.1, 0.15) is 44.1 Å². The van der Waals surface area contributed by atoms with Gasteiger partial charge in [0, 0.05) is 19.1 Å². The second kappa shape index (κ2) is 7.63. The maximum atomic E-state index is 13.7. The molecular formula is C18H26ClFN2O. The van der Waals surface area contributed by atoms with Crippen LogP contribution in [0.2, 0.25) is 0 Å². The summed E-state index contributed by atoms with van der Waals surface area (Å²) < 4.78 is 13.7. The minimum Gasteiger partial charge on any atom is -0.340 e. The van der Waals surface area contributed by atoms with Crippen LogP contribution in [0.3, 0.4) is 0 Å². The molecule has 1 saturated carbocycles. The number of piperidine rings is 1. The Bertz CT molecular complexity index is 546. The summed E-state index contributed by atoms with van der Waals surface area (Å²) >= 11 is 0. The molecule has 1 aliphatic carbocycles. The van der Waals surface area contributed by atoms with Crippen LogP contribution in [0, 0.1) is 5.82 Å². The Balaban J connectivity index is 0.00000192. The van der Waals surface area contributed by atoms with Gasteiger partial charge in [-0.25, -0.2) is 4.39 Å². The summed E-state index contributed by atoms with van der Waals surface area (Å²) in [5.74, 6) is -0.0427. The molecule has 1 aromatic rings. The Morgan fingerprint density at radius 1 is 1.30 bits per heavy atom. The molecule has 3 rings (SSSR count). The smallest absolute Gasteiger partial charge is 0.233 e. The number of hydrogen-bond acceptors (Lipinski definition) is 2. The minimum absolute atomic E-state index is 0. The number of halogens is 2. The molecule has 0 spiro atoms. The van der Waals surface area contributed by atoms with Crippen molar-refractivity contribution in [3.8, 4) is 0 Å². The molecule has 5 heteroatoms. The number of likely N-dealkylation sites (tertiary alicyclic amines) is 1. The molecular weight excluding hydrogens is 315 g/mol. The van der Waals surface area contributed by atoms with E-state index in [1.54, 1.807) is 12.1 Å². The number of carbonyl (C=O) groups excluding carboxylic acids is 1. The summed E-state index contributed by atoms with van der Waals surface area (Å²) in [6.07, 6.45) is 5.94. The molecule has 0 bridgehead atoms. The first-order valence-electron chi connectivity index (χ1n) is 8.38. The molecule has 1 amide bonds. The fourth-order valence-corrected chi connectivity index (χ4v) is 4.09. The van der Waals surface area contributed by atoms with E-state index in [-0.39, 0.29) is 24.1 Å². The zero-order chi connectivity index (χ0) is 15.6. The fraction of sp³-hybridized carbons (Fsp3) is 0.611. The topological polar surface area (TPSA) is 32.3 Å². The van der Waals surface area contributed by atoms with Crippen molar-refractivity contribution in [1.82, 2.24) is 10.2 Å². The van der Waals surface area contributed by atoms with Crippen LogP contribution in [-0.2, 0) is 10.2 Å². The van der Waals surface area contributed by atoms with Crippen molar-refractivity contribution in [2.45, 2.75) is 50.0 Å². The lowest BCUT2D eigenvalue weighted by Gasteiger charge is -2.39. The van der Waals surface area contributed by atoms with Crippen LogP contribution < -0.4 is 5.32 Å². The summed E-state index contributed by atoms with van der Waals surface area (Å²) in [4.78, 5) is 15.3. The van der Waals surface area contributed by atoms with E-state index < -0.39 is 5.41 Å². The number of nitrogens with one attached hydrogen (secondary N) is 1. The number of carbonyl (C=O) groups is 1. The van der Waals surface area contributed by atoms with Crippen molar-refractivity contribution in [3.63, 3.8) is 0 Å². The van der Waals surface area contributed by atoms with E-state index in [1.807, 2.05) is 18.0 Å². The lowest BCUT2D eigenvalue weighted by molar-refractivity contribution is -0.138. The molecule has 1 aromatic carbocycles. The number of hydrogen-bond donors (Lipinski definition) is 1. The molecule has 1 saturated heterocycles. The lowest BCUT2D eigenvalue weighted by atomic mass is 9.77. The van der Waals surface area contributed by atoms with Crippen molar-refractivity contribution >= 4 is 18.3 Å². The Morgan fingerprint density at radius 2 is 2.04 bits per heavy atom. The van der Waals surface area contributed by atoms with Gasteiger partial charge in [-0.05, 0) is 50.4 Å². The second-order valence-corrected chi connectivity index (χ2v) is 6.68. The first kappa shape index (κ1) is 18.2. The van der Waals surface area contributed by atoms with Crippen molar-refractivity contribution in [2.24, 2.45) is 0 Å². The zero-order valence-corrected chi connectivity index (χ0v) is 14.5. The van der Waals surface area contributed by atoms with E-state index >= 15 is 0 Å². The molecule has 1 atom stereocenters. The van der Waals surface area contributed by atoms with Crippen molar-refractivity contribution in [2.75, 3.05) is 20.1 Å². The summed E-state index contributed by atoms with van der Waals surface area (Å²) in [7, 11) is 1.95. The highest BCUT2D eigenvalue weighted by molar-refractivity contribution is 5.88. The number of benzene rings is 1. The molecule has 1 unspecified atom stereocenters. The third kappa shape index (κ3) is 3.53. The maximum absolute atomic E-state index is 13.7. The van der Waals surface area contributed by atoms with E-state index in [4.69, 9.17) is 0 Å². The molecule has 2 fully saturated rings. The summed E-state index contributed by atoms with van der Waals surface area (Å²) in [6.45, 7) is 1.60. The largest absolute Gasteiger partial charge is 0.340 e. The Labute approximate surface area is 144 Å². The van der Waals surface area contributed by atoms with E-state index in [2.05, 4.69) is 5.32 Å². The number of rotatable bonds is 3. The maximum Gasteiger partial charge on any atom is 0.233 e. The SMILES string of the molecule is CNC1CCCN(C(=O)C2(c3cccc(F)c3)CCCC2)C1.Cl. The monoisotopic (exact) mass is 340 g/mol. The molecule has 1 N–H and O–H groups in total. The fourth-order valence-electron chi connectivity index (χ4n) is 4.09. The third-order valence-corrected chi connectivity index (χ3v) is 5.36. The molecule has 0 aromatic heterocycles. The van der Waals surface area contributed by atoms with E-state index in [0.717, 1.165) is 57.2 Å². The van der Waals surface area contributed by atoms with Crippen molar-refractivity contribution in [1.29, 1.82) is 0 Å². The Hall–Kier alpha value is -1.13. The zero-order valence-electron chi connectivity index (χ0n) is 13.7. The quantitative estimate of drug-likeness (QED) is 0.916. The first-order chi connectivity index (χ1) is 10.7. The van der Waals surface area contributed by atoms with Gasteiger partial charge in [0.25, 0.3) is 0 Å². The normalized spacial score (nSPS) is 23.4. The third-order valence-electron chi connectivity index (χ3n) is 5.36. The first-order valence-corrected chi connectivity index (χ1v) is 8.38. The lowest BCUT2D eigenvalue weighted by Crippen LogP contribution is -2.52. The highest BCUT2D eigenvalue weighted by atomic mass is 35.5. The number of likely N-dealkylation sites (N-methyl/N-ethyl adjacent to an activating group) is 1. The number of amides is 1. The van der Waals surface area contributed by atoms with Gasteiger partial charge in [0.1, 0.15) is 5.82 Å². The summed E-state index contributed by atoms with van der Waals surface area (Å²) in [5, 5.41) is 3.29. The van der Waals surface area contributed by atoms with Crippen LogP contribution in [0.5, 0.6) is 0 Å². The molecule has 0 radical (unpaired) electrons. The van der Waals surface area contributed by atoms with Gasteiger partial charge in [-0.3, -0.25) is 4.79 Å². The van der Waals surface area contributed by atoms with Gasteiger partial charge in [0.05, 0.1) is 5.41 Å². The molecule has 23 heavy (non-hydrogen) atoms. The second-order valence-electron chi connectivity index (χ2n) is 6.68. The van der Waals surface area contributed by atoms with Gasteiger partial charge >= 0.3 is 0 Å². The highest BCUT2D eigenvalue weighted by Crippen LogP contribution is 2.43.